The van der Waals surface area contributed by atoms with Crippen molar-refractivity contribution in [2.24, 2.45) is 0 Å². The van der Waals surface area contributed by atoms with Crippen LogP contribution >= 0.6 is 0 Å². The van der Waals surface area contributed by atoms with Gasteiger partial charge < -0.3 is 9.47 Å². The lowest BCUT2D eigenvalue weighted by atomic mass is 10.1. The van der Waals surface area contributed by atoms with E-state index in [-0.39, 0.29) is 23.6 Å². The molecule has 1 aromatic heterocycles. The molecule has 0 saturated carbocycles. The van der Waals surface area contributed by atoms with Crippen molar-refractivity contribution < 1.29 is 31.8 Å². The van der Waals surface area contributed by atoms with E-state index in [1.807, 2.05) is 0 Å². The van der Waals surface area contributed by atoms with Crippen LogP contribution in [0.15, 0.2) is 31.0 Å². The first-order valence-electron chi connectivity index (χ1n) is 7.52. The SMILES string of the molecule is C=Cc1ccnc(Oc2c(C)cc(C(F)(F)F)cc2F)c1C(=O)OCC. The van der Waals surface area contributed by atoms with Crippen molar-refractivity contribution >= 4 is 12.0 Å². The normalized spacial score (nSPS) is 11.2. The molecule has 2 rings (SSSR count). The van der Waals surface area contributed by atoms with E-state index in [4.69, 9.17) is 9.47 Å². The highest BCUT2D eigenvalue weighted by Gasteiger charge is 2.32. The molecule has 0 N–H and O–H groups in total. The quantitative estimate of drug-likeness (QED) is 0.540. The predicted molar refractivity (Wildman–Crippen MR) is 86.5 cm³/mol. The van der Waals surface area contributed by atoms with Crippen LogP contribution in [0, 0.1) is 12.7 Å². The highest BCUT2D eigenvalue weighted by Crippen LogP contribution is 2.36. The van der Waals surface area contributed by atoms with Gasteiger partial charge in [-0.1, -0.05) is 12.7 Å². The van der Waals surface area contributed by atoms with E-state index in [1.165, 1.54) is 25.3 Å². The number of alkyl halides is 3. The van der Waals surface area contributed by atoms with E-state index in [9.17, 15) is 22.4 Å². The molecule has 0 fully saturated rings. The first-order chi connectivity index (χ1) is 12.2. The fraction of sp³-hybridized carbons (Fsp3) is 0.222. The van der Waals surface area contributed by atoms with E-state index >= 15 is 0 Å². The summed E-state index contributed by atoms with van der Waals surface area (Å²) in [6, 6.07) is 2.55. The number of nitrogens with zero attached hydrogens (tertiary/aromatic N) is 1. The minimum atomic E-state index is -4.69. The molecule has 8 heteroatoms. The molecule has 0 spiro atoms. The summed E-state index contributed by atoms with van der Waals surface area (Å²) in [5.74, 6) is -2.74. The lowest BCUT2D eigenvalue weighted by Gasteiger charge is -2.15. The molecule has 0 radical (unpaired) electrons. The standard InChI is InChI=1S/C18H15F4NO3/c1-4-11-6-7-23-16(14(11)17(24)25-5-2)26-15-10(3)8-12(9-13(15)19)18(20,21)22/h4,6-9H,1,5H2,2-3H3. The smallest absolute Gasteiger partial charge is 0.416 e. The lowest BCUT2D eigenvalue weighted by molar-refractivity contribution is -0.137. The van der Waals surface area contributed by atoms with Gasteiger partial charge in [-0.15, -0.1) is 0 Å². The van der Waals surface area contributed by atoms with E-state index in [0.29, 0.717) is 11.6 Å². The first kappa shape index (κ1) is 19.4. The molecule has 0 atom stereocenters. The molecular formula is C18H15F4NO3. The third kappa shape index (κ3) is 4.01. The Morgan fingerprint density at radius 3 is 2.58 bits per heavy atom. The zero-order valence-corrected chi connectivity index (χ0v) is 14.0. The van der Waals surface area contributed by atoms with Gasteiger partial charge in [0.2, 0.25) is 5.88 Å². The summed E-state index contributed by atoms with van der Waals surface area (Å²) in [6.07, 6.45) is -2.04. The van der Waals surface area contributed by atoms with Crippen LogP contribution in [0.5, 0.6) is 11.6 Å². The molecule has 138 valence electrons. The Bertz CT molecular complexity index is 824. The van der Waals surface area contributed by atoms with Crippen LogP contribution in [-0.4, -0.2) is 17.6 Å². The second-order valence-corrected chi connectivity index (χ2v) is 5.21. The van der Waals surface area contributed by atoms with Crippen LogP contribution in [0.3, 0.4) is 0 Å². The van der Waals surface area contributed by atoms with E-state index in [0.717, 1.165) is 6.07 Å². The van der Waals surface area contributed by atoms with Gasteiger partial charge in [0.1, 0.15) is 5.56 Å². The highest BCUT2D eigenvalue weighted by atomic mass is 19.4. The highest BCUT2D eigenvalue weighted by molar-refractivity contribution is 5.96. The third-order valence-electron chi connectivity index (χ3n) is 3.40. The van der Waals surface area contributed by atoms with Gasteiger partial charge in [0.25, 0.3) is 0 Å². The number of halogens is 4. The van der Waals surface area contributed by atoms with Crippen LogP contribution in [0.2, 0.25) is 0 Å². The van der Waals surface area contributed by atoms with Crippen molar-refractivity contribution in [2.45, 2.75) is 20.0 Å². The van der Waals surface area contributed by atoms with Gasteiger partial charge in [-0.2, -0.15) is 13.2 Å². The number of esters is 1. The number of hydrogen-bond donors (Lipinski definition) is 0. The van der Waals surface area contributed by atoms with Crippen molar-refractivity contribution in [3.05, 3.63) is 59.0 Å². The van der Waals surface area contributed by atoms with E-state index in [1.54, 1.807) is 6.92 Å². The molecule has 0 aliphatic heterocycles. The number of carbonyl (C=O) groups excluding carboxylic acids is 1. The molecule has 0 unspecified atom stereocenters. The van der Waals surface area contributed by atoms with Gasteiger partial charge >= 0.3 is 12.1 Å². The maximum Gasteiger partial charge on any atom is 0.416 e. The maximum absolute atomic E-state index is 14.2. The minimum Gasteiger partial charge on any atom is -0.462 e. The van der Waals surface area contributed by atoms with Crippen molar-refractivity contribution in [2.75, 3.05) is 6.61 Å². The molecule has 1 heterocycles. The number of aromatic nitrogens is 1. The summed E-state index contributed by atoms with van der Waals surface area (Å²) in [6.45, 7) is 6.50. The minimum absolute atomic E-state index is 0.0808. The number of carbonyl (C=O) groups is 1. The van der Waals surface area contributed by atoms with Crippen LogP contribution in [0.1, 0.15) is 34.0 Å². The monoisotopic (exact) mass is 369 g/mol. The molecular weight excluding hydrogens is 354 g/mol. The molecule has 0 aliphatic rings. The average Bonchev–Trinajstić information content (AvgIpc) is 2.56. The zero-order valence-electron chi connectivity index (χ0n) is 14.0. The molecule has 0 amide bonds. The zero-order chi connectivity index (χ0) is 19.5. The topological polar surface area (TPSA) is 48.4 Å². The Hall–Kier alpha value is -2.90. The maximum atomic E-state index is 14.2. The fourth-order valence-corrected chi connectivity index (χ4v) is 2.23. The van der Waals surface area contributed by atoms with Crippen molar-refractivity contribution in [1.29, 1.82) is 0 Å². The number of rotatable bonds is 5. The number of benzene rings is 1. The van der Waals surface area contributed by atoms with Crippen molar-refractivity contribution in [1.82, 2.24) is 4.98 Å². The van der Waals surface area contributed by atoms with Gasteiger partial charge in [-0.05, 0) is 43.2 Å². The number of ether oxygens (including phenoxy) is 2. The predicted octanol–water partition coefficient (Wildman–Crippen LogP) is 5.16. The van der Waals surface area contributed by atoms with E-state index in [2.05, 4.69) is 11.6 Å². The number of hydrogen-bond acceptors (Lipinski definition) is 4. The number of pyridine rings is 1. The molecule has 0 bridgehead atoms. The molecule has 4 nitrogen and oxygen atoms in total. The lowest BCUT2D eigenvalue weighted by Crippen LogP contribution is -2.11. The summed E-state index contributed by atoms with van der Waals surface area (Å²) in [5.41, 5.74) is -1.00. The summed E-state index contributed by atoms with van der Waals surface area (Å²) in [5, 5.41) is 0. The summed E-state index contributed by atoms with van der Waals surface area (Å²) in [4.78, 5) is 16.0. The number of aryl methyl sites for hydroxylation is 1. The average molecular weight is 369 g/mol. The summed E-state index contributed by atoms with van der Waals surface area (Å²) < 4.78 is 62.8. The molecule has 1 aromatic carbocycles. The molecule has 0 saturated heterocycles. The summed E-state index contributed by atoms with van der Waals surface area (Å²) >= 11 is 0. The second kappa shape index (κ2) is 7.55. The van der Waals surface area contributed by atoms with Gasteiger partial charge in [-0.25, -0.2) is 14.2 Å². The van der Waals surface area contributed by atoms with Crippen LogP contribution in [-0.2, 0) is 10.9 Å². The van der Waals surface area contributed by atoms with Crippen molar-refractivity contribution in [3.63, 3.8) is 0 Å². The van der Waals surface area contributed by atoms with E-state index < -0.39 is 29.3 Å². The Kier molecular flexibility index (Phi) is 5.64. The van der Waals surface area contributed by atoms with Gasteiger partial charge in [-0.3, -0.25) is 0 Å². The summed E-state index contributed by atoms with van der Waals surface area (Å²) in [7, 11) is 0. The first-order valence-corrected chi connectivity index (χ1v) is 7.52. The van der Waals surface area contributed by atoms with Gasteiger partial charge in [0.05, 0.1) is 12.2 Å². The Morgan fingerprint density at radius 1 is 1.35 bits per heavy atom. The van der Waals surface area contributed by atoms with Crippen LogP contribution in [0.4, 0.5) is 17.6 Å². The molecule has 26 heavy (non-hydrogen) atoms. The van der Waals surface area contributed by atoms with Crippen LogP contribution < -0.4 is 4.74 Å². The molecule has 2 aromatic rings. The van der Waals surface area contributed by atoms with Gasteiger partial charge in [0, 0.05) is 6.20 Å². The second-order valence-electron chi connectivity index (χ2n) is 5.21. The Labute approximate surface area is 147 Å². The Balaban J connectivity index is 2.53. The Morgan fingerprint density at radius 2 is 2.04 bits per heavy atom. The van der Waals surface area contributed by atoms with Gasteiger partial charge in [0.15, 0.2) is 11.6 Å². The van der Waals surface area contributed by atoms with Crippen molar-refractivity contribution in [3.8, 4) is 11.6 Å². The fourth-order valence-electron chi connectivity index (χ4n) is 2.23. The third-order valence-corrected chi connectivity index (χ3v) is 3.40. The van der Waals surface area contributed by atoms with Crippen LogP contribution in [0.25, 0.3) is 6.08 Å². The largest absolute Gasteiger partial charge is 0.462 e. The molecule has 0 aliphatic carbocycles.